The molecule has 0 bridgehead atoms. The third-order valence-electron chi connectivity index (χ3n) is 5.64. The van der Waals surface area contributed by atoms with Gasteiger partial charge in [0.1, 0.15) is 22.5 Å². The van der Waals surface area contributed by atoms with E-state index in [9.17, 15) is 4.39 Å². The Hall–Kier alpha value is -2.52. The zero-order valence-electron chi connectivity index (χ0n) is 18.0. The molecule has 0 N–H and O–H groups in total. The standard InChI is InChI=1S/C23H19Cl3FN5O2/c1-12(14-7-8-28-23(26)19(14)24)34-17-6-5-16-21(30-17)20(13-10-15(27)22(25)29-11-13)31-32(16)18-4-2-3-9-33-18/h5-8,10-12,18H,2-4,9H2,1H3/t12-,18?/m1/s1. The molecule has 1 aliphatic rings. The fourth-order valence-corrected chi connectivity index (χ4v) is 4.47. The second kappa shape index (κ2) is 9.62. The third kappa shape index (κ3) is 4.43. The van der Waals surface area contributed by atoms with Crippen LogP contribution in [0.25, 0.3) is 22.3 Å². The minimum absolute atomic E-state index is 0.200. The summed E-state index contributed by atoms with van der Waals surface area (Å²) >= 11 is 18.1. The zero-order chi connectivity index (χ0) is 23.8. The quantitative estimate of drug-likeness (QED) is 0.268. The number of halogens is 4. The first-order chi connectivity index (χ1) is 16.4. The summed E-state index contributed by atoms with van der Waals surface area (Å²) in [6.45, 7) is 2.49. The van der Waals surface area contributed by atoms with Gasteiger partial charge in [-0.15, -0.1) is 0 Å². The fraction of sp³-hybridized carbons (Fsp3) is 0.304. The third-order valence-corrected chi connectivity index (χ3v) is 6.70. The van der Waals surface area contributed by atoms with E-state index in [-0.39, 0.29) is 16.5 Å². The van der Waals surface area contributed by atoms with Crippen molar-refractivity contribution in [1.82, 2.24) is 24.7 Å². The molecule has 7 nitrogen and oxygen atoms in total. The maximum Gasteiger partial charge on any atom is 0.214 e. The molecule has 2 atom stereocenters. The molecule has 34 heavy (non-hydrogen) atoms. The Labute approximate surface area is 209 Å². The second-order valence-electron chi connectivity index (χ2n) is 7.89. The van der Waals surface area contributed by atoms with Crippen LogP contribution in [0.4, 0.5) is 4.39 Å². The van der Waals surface area contributed by atoms with Gasteiger partial charge >= 0.3 is 0 Å². The van der Waals surface area contributed by atoms with Crippen LogP contribution in [0, 0.1) is 5.82 Å². The van der Waals surface area contributed by atoms with Crippen LogP contribution in [0.2, 0.25) is 15.3 Å². The van der Waals surface area contributed by atoms with Gasteiger partial charge in [-0.1, -0.05) is 34.8 Å². The van der Waals surface area contributed by atoms with Crippen molar-refractivity contribution in [2.75, 3.05) is 6.61 Å². The average Bonchev–Trinajstić information content (AvgIpc) is 3.22. The number of hydrogen-bond acceptors (Lipinski definition) is 6. The highest BCUT2D eigenvalue weighted by Crippen LogP contribution is 2.35. The zero-order valence-corrected chi connectivity index (χ0v) is 20.3. The Morgan fingerprint density at radius 2 is 2.00 bits per heavy atom. The first-order valence-corrected chi connectivity index (χ1v) is 11.8. The van der Waals surface area contributed by atoms with Crippen LogP contribution in [0.5, 0.6) is 5.88 Å². The molecule has 5 rings (SSSR count). The van der Waals surface area contributed by atoms with Crippen molar-refractivity contribution in [2.45, 2.75) is 38.5 Å². The molecule has 176 valence electrons. The summed E-state index contributed by atoms with van der Waals surface area (Å²) in [6.07, 6.45) is 5.20. The largest absolute Gasteiger partial charge is 0.470 e. The molecular weight excluding hydrogens is 504 g/mol. The molecule has 4 aromatic rings. The number of aromatic nitrogens is 5. The van der Waals surface area contributed by atoms with Gasteiger partial charge < -0.3 is 9.47 Å². The predicted molar refractivity (Wildman–Crippen MR) is 128 cm³/mol. The normalized spacial score (nSPS) is 17.1. The van der Waals surface area contributed by atoms with Crippen LogP contribution in [0.3, 0.4) is 0 Å². The van der Waals surface area contributed by atoms with Gasteiger partial charge in [-0.3, -0.25) is 0 Å². The summed E-state index contributed by atoms with van der Waals surface area (Å²) in [7, 11) is 0. The fourth-order valence-electron chi connectivity index (χ4n) is 3.94. The number of ether oxygens (including phenoxy) is 2. The minimum Gasteiger partial charge on any atom is -0.470 e. The highest BCUT2D eigenvalue weighted by atomic mass is 35.5. The van der Waals surface area contributed by atoms with E-state index in [1.165, 1.54) is 12.3 Å². The molecule has 0 aliphatic carbocycles. The Morgan fingerprint density at radius 3 is 2.76 bits per heavy atom. The van der Waals surface area contributed by atoms with Crippen molar-refractivity contribution in [3.63, 3.8) is 0 Å². The van der Waals surface area contributed by atoms with Gasteiger partial charge in [-0.2, -0.15) is 5.10 Å². The molecule has 0 amide bonds. The highest BCUT2D eigenvalue weighted by molar-refractivity contribution is 6.41. The lowest BCUT2D eigenvalue weighted by atomic mass is 10.1. The Morgan fingerprint density at radius 1 is 1.15 bits per heavy atom. The maximum atomic E-state index is 14.2. The van der Waals surface area contributed by atoms with E-state index in [0.29, 0.717) is 39.8 Å². The van der Waals surface area contributed by atoms with Gasteiger partial charge in [0.25, 0.3) is 0 Å². The Bertz CT molecular complexity index is 1360. The summed E-state index contributed by atoms with van der Waals surface area (Å²) in [5.74, 6) is -0.294. The van der Waals surface area contributed by atoms with Crippen molar-refractivity contribution >= 4 is 45.8 Å². The molecule has 4 aromatic heterocycles. The number of nitrogens with zero attached hydrogens (tertiary/aromatic N) is 5. The number of rotatable bonds is 5. The molecule has 0 saturated carbocycles. The first kappa shape index (κ1) is 23.2. The SMILES string of the molecule is C[C@@H](Oc1ccc2c(n1)c(-c1cnc(Cl)c(F)c1)nn2C1CCCCO1)c1ccnc(Cl)c1Cl. The van der Waals surface area contributed by atoms with Crippen molar-refractivity contribution in [3.8, 4) is 17.1 Å². The summed E-state index contributed by atoms with van der Waals surface area (Å²) in [5.41, 5.74) is 2.85. The molecule has 11 heteroatoms. The van der Waals surface area contributed by atoms with Crippen LogP contribution in [0.15, 0.2) is 36.7 Å². The summed E-state index contributed by atoms with van der Waals surface area (Å²) in [4.78, 5) is 12.6. The lowest BCUT2D eigenvalue weighted by Gasteiger charge is -2.23. The van der Waals surface area contributed by atoms with Crippen LogP contribution in [0.1, 0.15) is 44.1 Å². The number of hydrogen-bond donors (Lipinski definition) is 0. The highest BCUT2D eigenvalue weighted by Gasteiger charge is 2.24. The van der Waals surface area contributed by atoms with E-state index in [1.54, 1.807) is 23.0 Å². The van der Waals surface area contributed by atoms with Crippen LogP contribution in [-0.2, 0) is 4.74 Å². The van der Waals surface area contributed by atoms with Crippen molar-refractivity contribution in [2.24, 2.45) is 0 Å². The second-order valence-corrected chi connectivity index (χ2v) is 8.99. The monoisotopic (exact) mass is 521 g/mol. The van der Waals surface area contributed by atoms with Gasteiger partial charge in [-0.05, 0) is 44.4 Å². The predicted octanol–water partition coefficient (Wildman–Crippen LogP) is 6.83. The van der Waals surface area contributed by atoms with Gasteiger partial charge in [-0.25, -0.2) is 24.0 Å². The van der Waals surface area contributed by atoms with E-state index in [4.69, 9.17) is 54.4 Å². The van der Waals surface area contributed by atoms with Crippen molar-refractivity contribution < 1.29 is 13.9 Å². The molecule has 1 aliphatic heterocycles. The van der Waals surface area contributed by atoms with E-state index in [1.807, 2.05) is 13.0 Å². The molecule has 0 radical (unpaired) electrons. The molecule has 1 fully saturated rings. The lowest BCUT2D eigenvalue weighted by Crippen LogP contribution is -2.19. The Balaban J connectivity index is 1.57. The van der Waals surface area contributed by atoms with Crippen LogP contribution in [-0.4, -0.2) is 31.3 Å². The molecule has 1 unspecified atom stereocenters. The molecule has 5 heterocycles. The lowest BCUT2D eigenvalue weighted by molar-refractivity contribution is -0.0365. The summed E-state index contributed by atoms with van der Waals surface area (Å²) in [5, 5.41) is 5.05. The smallest absolute Gasteiger partial charge is 0.214 e. The van der Waals surface area contributed by atoms with Gasteiger partial charge in [0.2, 0.25) is 5.88 Å². The van der Waals surface area contributed by atoms with Gasteiger partial charge in [0.15, 0.2) is 17.2 Å². The van der Waals surface area contributed by atoms with E-state index in [0.717, 1.165) is 24.8 Å². The van der Waals surface area contributed by atoms with Gasteiger partial charge in [0.05, 0.1) is 10.5 Å². The van der Waals surface area contributed by atoms with Crippen LogP contribution < -0.4 is 4.74 Å². The molecule has 0 aromatic carbocycles. The molecule has 1 saturated heterocycles. The van der Waals surface area contributed by atoms with E-state index < -0.39 is 11.9 Å². The summed E-state index contributed by atoms with van der Waals surface area (Å²) < 4.78 is 28.0. The van der Waals surface area contributed by atoms with Crippen molar-refractivity contribution in [3.05, 3.63) is 63.4 Å². The molecular formula is C23H19Cl3FN5O2. The van der Waals surface area contributed by atoms with Crippen molar-refractivity contribution in [1.29, 1.82) is 0 Å². The minimum atomic E-state index is -0.638. The summed E-state index contributed by atoms with van der Waals surface area (Å²) in [6, 6.07) is 6.64. The number of pyridine rings is 3. The van der Waals surface area contributed by atoms with E-state index in [2.05, 4.69) is 9.97 Å². The molecule has 0 spiro atoms. The maximum absolute atomic E-state index is 14.2. The van der Waals surface area contributed by atoms with Crippen LogP contribution >= 0.6 is 34.8 Å². The topological polar surface area (TPSA) is 75.0 Å². The first-order valence-electron chi connectivity index (χ1n) is 10.7. The van der Waals surface area contributed by atoms with E-state index >= 15 is 0 Å². The average molecular weight is 523 g/mol. The number of fused-ring (bicyclic) bond motifs is 1. The van der Waals surface area contributed by atoms with Gasteiger partial charge in [0, 0.05) is 36.2 Å². The Kier molecular flexibility index (Phi) is 6.57.